The second-order valence-electron chi connectivity index (χ2n) is 7.36. The Morgan fingerprint density at radius 3 is 2.22 bits per heavy atom. The van der Waals surface area contributed by atoms with Crippen LogP contribution in [0.15, 0.2) is 71.7 Å². The zero-order valence-corrected chi connectivity index (χ0v) is 15.7. The molecular weight excluding hydrogens is 330 g/mol. The van der Waals surface area contributed by atoms with Crippen molar-refractivity contribution in [3.8, 4) is 5.75 Å². The highest BCUT2D eigenvalue weighted by Gasteiger charge is 2.10. The molecule has 3 aromatic carbocycles. The molecule has 1 atom stereocenters. The molecule has 0 radical (unpaired) electrons. The molecule has 136 valence electrons. The first-order valence-electron chi connectivity index (χ1n) is 9.70. The lowest BCUT2D eigenvalue weighted by Crippen LogP contribution is -2.02. The zero-order chi connectivity index (χ0) is 18.6. The van der Waals surface area contributed by atoms with Gasteiger partial charge in [-0.2, -0.15) is 0 Å². The van der Waals surface area contributed by atoms with Crippen LogP contribution in [0.25, 0.3) is 0 Å². The highest BCUT2D eigenvalue weighted by atomic mass is 16.3. The van der Waals surface area contributed by atoms with E-state index in [4.69, 9.17) is 4.99 Å². The Morgan fingerprint density at radius 2 is 1.48 bits per heavy atom. The lowest BCUT2D eigenvalue weighted by atomic mass is 9.93. The van der Waals surface area contributed by atoms with Gasteiger partial charge in [0.05, 0.1) is 6.04 Å². The summed E-state index contributed by atoms with van der Waals surface area (Å²) < 4.78 is 0. The van der Waals surface area contributed by atoms with Gasteiger partial charge < -0.3 is 5.11 Å². The van der Waals surface area contributed by atoms with Crippen molar-refractivity contribution in [1.29, 1.82) is 0 Å². The molecule has 2 nitrogen and oxygen atoms in total. The van der Waals surface area contributed by atoms with Crippen LogP contribution in [-0.4, -0.2) is 11.3 Å². The van der Waals surface area contributed by atoms with Crippen LogP contribution < -0.4 is 0 Å². The van der Waals surface area contributed by atoms with E-state index in [2.05, 4.69) is 61.5 Å². The van der Waals surface area contributed by atoms with E-state index in [-0.39, 0.29) is 6.04 Å². The molecule has 4 aliphatic rings. The number of aryl methyl sites for hydroxylation is 4. The van der Waals surface area contributed by atoms with Crippen molar-refractivity contribution in [1.82, 2.24) is 0 Å². The van der Waals surface area contributed by atoms with E-state index in [1.54, 1.807) is 0 Å². The minimum absolute atomic E-state index is 0.137. The molecule has 0 saturated heterocycles. The number of hydrogen-bond acceptors (Lipinski definition) is 2. The third-order valence-corrected chi connectivity index (χ3v) is 5.45. The molecule has 1 N–H and O–H groups in total. The maximum atomic E-state index is 10.3. The third-order valence-electron chi connectivity index (χ3n) is 5.45. The van der Waals surface area contributed by atoms with E-state index in [1.807, 2.05) is 18.3 Å². The zero-order valence-electron chi connectivity index (χ0n) is 15.7. The van der Waals surface area contributed by atoms with E-state index in [1.165, 1.54) is 27.8 Å². The summed E-state index contributed by atoms with van der Waals surface area (Å²) in [5.41, 5.74) is 7.23. The van der Waals surface area contributed by atoms with Crippen LogP contribution in [0, 0.1) is 0 Å². The van der Waals surface area contributed by atoms with Crippen molar-refractivity contribution in [2.75, 3.05) is 0 Å². The van der Waals surface area contributed by atoms with Gasteiger partial charge in [-0.25, -0.2) is 0 Å². The van der Waals surface area contributed by atoms with Crippen LogP contribution in [-0.2, 0) is 25.7 Å². The van der Waals surface area contributed by atoms with Gasteiger partial charge in [0.25, 0.3) is 0 Å². The highest BCUT2D eigenvalue weighted by molar-refractivity contribution is 5.82. The number of benzene rings is 3. The quantitative estimate of drug-likeness (QED) is 0.622. The molecule has 7 rings (SSSR count). The van der Waals surface area contributed by atoms with Crippen LogP contribution in [0.4, 0.5) is 0 Å². The average molecular weight is 355 g/mol. The number of rotatable bonds is 3. The molecule has 0 aliphatic heterocycles. The normalized spacial score (nSPS) is 14.9. The van der Waals surface area contributed by atoms with Crippen molar-refractivity contribution in [3.63, 3.8) is 0 Å². The molecular formula is C25H25NO. The molecule has 0 saturated carbocycles. The predicted octanol–water partition coefficient (Wildman–Crippen LogP) is 5.46. The van der Waals surface area contributed by atoms with E-state index in [0.29, 0.717) is 5.75 Å². The van der Waals surface area contributed by atoms with Gasteiger partial charge in [-0.3, -0.25) is 4.99 Å². The van der Waals surface area contributed by atoms with Crippen LogP contribution in [0.1, 0.15) is 46.3 Å². The highest BCUT2D eigenvalue weighted by Crippen LogP contribution is 2.25. The molecule has 0 spiro atoms. The van der Waals surface area contributed by atoms with Crippen LogP contribution in [0.5, 0.6) is 5.75 Å². The van der Waals surface area contributed by atoms with E-state index in [9.17, 15) is 5.11 Å². The number of aliphatic imine (C=N–C) groups is 1. The molecule has 4 aliphatic carbocycles. The van der Waals surface area contributed by atoms with Crippen molar-refractivity contribution in [2.45, 2.75) is 38.6 Å². The molecule has 1 unspecified atom stereocenters. The summed E-state index contributed by atoms with van der Waals surface area (Å²) in [6.07, 6.45) is 5.66. The maximum Gasteiger partial charge on any atom is 0.119 e. The molecule has 4 bridgehead atoms. The first kappa shape index (κ1) is 17.5. The molecule has 0 aromatic heterocycles. The third kappa shape index (κ3) is 4.11. The number of hydrogen-bond donors (Lipinski definition) is 1. The lowest BCUT2D eigenvalue weighted by molar-refractivity contribution is 0.467. The summed E-state index contributed by atoms with van der Waals surface area (Å²) in [5, 5.41) is 10.3. The average Bonchev–Trinajstić information content (AvgIpc) is 2.69. The number of aromatic hydroxyl groups is 1. The summed E-state index contributed by atoms with van der Waals surface area (Å²) in [5.74, 6) is 0.426. The van der Waals surface area contributed by atoms with Crippen molar-refractivity contribution < 1.29 is 5.11 Å². The Morgan fingerprint density at radius 1 is 0.815 bits per heavy atom. The summed E-state index contributed by atoms with van der Waals surface area (Å²) in [4.78, 5) is 4.82. The van der Waals surface area contributed by atoms with E-state index < -0.39 is 0 Å². The summed E-state index contributed by atoms with van der Waals surface area (Å²) >= 11 is 0. The van der Waals surface area contributed by atoms with Gasteiger partial charge in [0.2, 0.25) is 0 Å². The fraction of sp³-hybridized carbons (Fsp3) is 0.240. The van der Waals surface area contributed by atoms with E-state index >= 15 is 0 Å². The Hall–Kier alpha value is -2.87. The second-order valence-corrected chi connectivity index (χ2v) is 7.36. The fourth-order valence-electron chi connectivity index (χ4n) is 3.69. The van der Waals surface area contributed by atoms with Gasteiger partial charge in [-0.1, -0.05) is 54.6 Å². The number of nitrogens with zero attached hydrogens (tertiary/aromatic N) is 1. The Balaban J connectivity index is 1.63. The smallest absolute Gasteiger partial charge is 0.119 e. The van der Waals surface area contributed by atoms with Gasteiger partial charge in [-0.05, 0) is 78.1 Å². The predicted molar refractivity (Wildman–Crippen MR) is 112 cm³/mol. The second kappa shape index (κ2) is 7.79. The summed E-state index contributed by atoms with van der Waals surface area (Å²) in [6, 6.07) is 23.4. The minimum Gasteiger partial charge on any atom is -0.508 e. The standard InChI is InChI=1S/C25H25NO/c1-18(21-5-3-2-4-6-21)26-17-24-15-19-7-8-20-10-12-23(25(27)16-20)14-13-22(24)11-9-19/h2-6,9-12,15-18,27H,7-8,13-14H2,1H3. The maximum absolute atomic E-state index is 10.3. The van der Waals surface area contributed by atoms with Gasteiger partial charge in [0.15, 0.2) is 0 Å². The first-order valence-corrected chi connectivity index (χ1v) is 9.70. The number of phenols is 1. The van der Waals surface area contributed by atoms with Crippen molar-refractivity contribution in [2.24, 2.45) is 4.99 Å². The fourth-order valence-corrected chi connectivity index (χ4v) is 3.69. The Labute approximate surface area is 161 Å². The molecule has 3 aromatic rings. The number of phenolic OH excluding ortho intramolecular Hbond substituents is 1. The summed E-state index contributed by atoms with van der Waals surface area (Å²) in [7, 11) is 0. The SMILES string of the molecule is CC(N=Cc1cc2ccc1CCc1ccc(cc1O)CC2)c1ccccc1. The molecule has 0 amide bonds. The molecule has 2 heteroatoms. The van der Waals surface area contributed by atoms with Crippen LogP contribution in [0.3, 0.4) is 0 Å². The lowest BCUT2D eigenvalue weighted by Gasteiger charge is -2.14. The van der Waals surface area contributed by atoms with Gasteiger partial charge >= 0.3 is 0 Å². The van der Waals surface area contributed by atoms with Gasteiger partial charge in [0, 0.05) is 6.21 Å². The minimum atomic E-state index is 0.137. The Bertz CT molecular complexity index is 959. The summed E-state index contributed by atoms with van der Waals surface area (Å²) in [6.45, 7) is 2.13. The molecule has 27 heavy (non-hydrogen) atoms. The monoisotopic (exact) mass is 355 g/mol. The van der Waals surface area contributed by atoms with Crippen molar-refractivity contribution >= 4 is 6.21 Å². The largest absolute Gasteiger partial charge is 0.508 e. The Kier molecular flexibility index (Phi) is 5.06. The van der Waals surface area contributed by atoms with Gasteiger partial charge in [-0.15, -0.1) is 0 Å². The topological polar surface area (TPSA) is 32.6 Å². The first-order chi connectivity index (χ1) is 13.2. The molecule has 0 fully saturated rings. The van der Waals surface area contributed by atoms with Crippen molar-refractivity contribution in [3.05, 3.63) is 100 Å². The van der Waals surface area contributed by atoms with Gasteiger partial charge in [0.1, 0.15) is 5.75 Å². The van der Waals surface area contributed by atoms with Crippen LogP contribution in [0.2, 0.25) is 0 Å². The van der Waals surface area contributed by atoms with E-state index in [0.717, 1.165) is 31.2 Å². The van der Waals surface area contributed by atoms with Crippen LogP contribution >= 0.6 is 0 Å². The molecule has 0 heterocycles.